The molecule has 2 aromatic rings. The van der Waals surface area contributed by atoms with Gasteiger partial charge < -0.3 is 15.2 Å². The molecule has 0 saturated heterocycles. The molecule has 0 saturated carbocycles. The number of halogens is 2. The Labute approximate surface area is 156 Å². The molecule has 0 spiro atoms. The van der Waals surface area contributed by atoms with E-state index < -0.39 is 17.6 Å². The van der Waals surface area contributed by atoms with Crippen LogP contribution < -0.4 is 15.5 Å². The smallest absolute Gasteiger partial charge is 0.329 e. The summed E-state index contributed by atoms with van der Waals surface area (Å²) in [6.07, 6.45) is 1.30. The third kappa shape index (κ3) is 5.14. The van der Waals surface area contributed by atoms with Crippen molar-refractivity contribution in [3.8, 4) is 11.5 Å². The van der Waals surface area contributed by atoms with Crippen LogP contribution in [0.4, 0.5) is 10.1 Å². The van der Waals surface area contributed by atoms with Crippen molar-refractivity contribution in [3.63, 3.8) is 0 Å². The Kier molecular flexibility index (Phi) is 6.28. The molecule has 0 aliphatic carbocycles. The molecular formula is C16H13FIN3O4. The van der Waals surface area contributed by atoms with Crippen molar-refractivity contribution in [2.75, 3.05) is 12.4 Å². The molecule has 0 bridgehead atoms. The van der Waals surface area contributed by atoms with Crippen LogP contribution in [0.15, 0.2) is 41.5 Å². The highest BCUT2D eigenvalue weighted by Gasteiger charge is 2.13. The van der Waals surface area contributed by atoms with Crippen LogP contribution in [0.1, 0.15) is 5.56 Å². The highest BCUT2D eigenvalue weighted by atomic mass is 127. The van der Waals surface area contributed by atoms with Gasteiger partial charge in [-0.15, -0.1) is 0 Å². The highest BCUT2D eigenvalue weighted by molar-refractivity contribution is 14.1. The zero-order chi connectivity index (χ0) is 18.4. The van der Waals surface area contributed by atoms with Crippen LogP contribution in [0, 0.1) is 9.39 Å². The number of hydrazone groups is 1. The molecule has 2 amide bonds. The first-order valence-corrected chi connectivity index (χ1v) is 7.95. The molecular weight excluding hydrogens is 444 g/mol. The van der Waals surface area contributed by atoms with Crippen LogP contribution in [-0.2, 0) is 9.59 Å². The predicted molar refractivity (Wildman–Crippen MR) is 98.1 cm³/mol. The zero-order valence-corrected chi connectivity index (χ0v) is 15.1. The van der Waals surface area contributed by atoms with Gasteiger partial charge in [-0.3, -0.25) is 9.59 Å². The van der Waals surface area contributed by atoms with Gasteiger partial charge in [0.1, 0.15) is 5.82 Å². The van der Waals surface area contributed by atoms with Crippen molar-refractivity contribution in [2.45, 2.75) is 0 Å². The van der Waals surface area contributed by atoms with Crippen molar-refractivity contribution >= 4 is 46.3 Å². The molecule has 130 valence electrons. The Bertz CT molecular complexity index is 825. The lowest BCUT2D eigenvalue weighted by Crippen LogP contribution is -2.32. The third-order valence-electron chi connectivity index (χ3n) is 2.96. The first-order chi connectivity index (χ1) is 11.9. The van der Waals surface area contributed by atoms with Crippen molar-refractivity contribution in [2.24, 2.45) is 5.10 Å². The molecule has 9 heteroatoms. The van der Waals surface area contributed by atoms with Crippen LogP contribution in [0.3, 0.4) is 0 Å². The first kappa shape index (κ1) is 18.6. The Morgan fingerprint density at radius 2 is 1.92 bits per heavy atom. The van der Waals surface area contributed by atoms with Crippen molar-refractivity contribution in [3.05, 3.63) is 51.3 Å². The summed E-state index contributed by atoms with van der Waals surface area (Å²) in [6, 6.07) is 8.11. The van der Waals surface area contributed by atoms with Gasteiger partial charge >= 0.3 is 11.8 Å². The molecule has 0 aliphatic rings. The van der Waals surface area contributed by atoms with Gasteiger partial charge in [0, 0.05) is 5.69 Å². The maximum atomic E-state index is 12.8. The number of anilines is 1. The number of carbonyl (C=O) groups excluding carboxylic acids is 2. The summed E-state index contributed by atoms with van der Waals surface area (Å²) in [4.78, 5) is 23.4. The molecule has 2 rings (SSSR count). The molecule has 25 heavy (non-hydrogen) atoms. The van der Waals surface area contributed by atoms with Gasteiger partial charge in [0.25, 0.3) is 0 Å². The monoisotopic (exact) mass is 457 g/mol. The second kappa shape index (κ2) is 8.42. The maximum absolute atomic E-state index is 12.8. The van der Waals surface area contributed by atoms with Gasteiger partial charge in [0.05, 0.1) is 16.9 Å². The number of hydrogen-bond acceptors (Lipinski definition) is 5. The van der Waals surface area contributed by atoms with E-state index in [4.69, 9.17) is 4.74 Å². The number of aromatic hydroxyl groups is 1. The van der Waals surface area contributed by atoms with Crippen LogP contribution in [0.25, 0.3) is 0 Å². The number of amides is 2. The molecule has 0 radical (unpaired) electrons. The van der Waals surface area contributed by atoms with E-state index in [9.17, 15) is 19.1 Å². The Morgan fingerprint density at radius 3 is 2.56 bits per heavy atom. The number of nitrogens with zero attached hydrogens (tertiary/aromatic N) is 1. The van der Waals surface area contributed by atoms with Gasteiger partial charge in [-0.1, -0.05) is 0 Å². The van der Waals surface area contributed by atoms with Gasteiger partial charge in [0.2, 0.25) is 0 Å². The number of phenols is 1. The molecule has 2 aromatic carbocycles. The van der Waals surface area contributed by atoms with Crippen molar-refractivity contribution < 1.29 is 23.8 Å². The number of ether oxygens (including phenoxy) is 1. The number of nitrogens with one attached hydrogen (secondary N) is 2. The normalized spacial score (nSPS) is 10.5. The molecule has 7 nitrogen and oxygen atoms in total. The summed E-state index contributed by atoms with van der Waals surface area (Å²) in [5, 5.41) is 15.7. The maximum Gasteiger partial charge on any atom is 0.329 e. The molecule has 0 heterocycles. The Balaban J connectivity index is 1.97. The minimum absolute atomic E-state index is 0.00274. The van der Waals surface area contributed by atoms with Gasteiger partial charge in [0.15, 0.2) is 11.5 Å². The van der Waals surface area contributed by atoms with E-state index in [2.05, 4.69) is 15.8 Å². The van der Waals surface area contributed by atoms with E-state index >= 15 is 0 Å². The fourth-order valence-corrected chi connectivity index (χ4v) is 2.39. The molecule has 0 unspecified atom stereocenters. The molecule has 3 N–H and O–H groups in total. The Hall–Kier alpha value is -2.69. The van der Waals surface area contributed by atoms with E-state index in [-0.39, 0.29) is 17.2 Å². The SMILES string of the molecule is COc1cc(/C=N\NC(=O)C(=O)Nc2ccc(F)cc2)cc(I)c1O. The summed E-state index contributed by atoms with van der Waals surface area (Å²) < 4.78 is 18.3. The van der Waals surface area contributed by atoms with E-state index in [0.717, 1.165) is 12.1 Å². The summed E-state index contributed by atoms with van der Waals surface area (Å²) in [5.41, 5.74) is 2.91. The van der Waals surface area contributed by atoms with Crippen LogP contribution >= 0.6 is 22.6 Å². The lowest BCUT2D eigenvalue weighted by atomic mass is 10.2. The minimum atomic E-state index is -0.985. The Morgan fingerprint density at radius 1 is 1.24 bits per heavy atom. The van der Waals surface area contributed by atoms with Crippen LogP contribution in [-0.4, -0.2) is 30.2 Å². The van der Waals surface area contributed by atoms with Crippen LogP contribution in [0.2, 0.25) is 0 Å². The third-order valence-corrected chi connectivity index (χ3v) is 3.78. The zero-order valence-electron chi connectivity index (χ0n) is 12.9. The summed E-state index contributed by atoms with van der Waals surface area (Å²) in [6.45, 7) is 0. The molecule has 0 fully saturated rings. The largest absolute Gasteiger partial charge is 0.504 e. The van der Waals surface area contributed by atoms with Gasteiger partial charge in [-0.05, 0) is 64.6 Å². The van der Waals surface area contributed by atoms with Crippen molar-refractivity contribution in [1.82, 2.24) is 5.43 Å². The quantitative estimate of drug-likeness (QED) is 0.284. The fraction of sp³-hybridized carbons (Fsp3) is 0.0625. The fourth-order valence-electron chi connectivity index (χ4n) is 1.76. The number of phenolic OH excluding ortho intramolecular Hbond substituents is 1. The number of methoxy groups -OCH3 is 1. The second-order valence-electron chi connectivity index (χ2n) is 4.71. The number of hydrogen-bond donors (Lipinski definition) is 3. The standard InChI is InChI=1S/C16H13FIN3O4/c1-25-13-7-9(6-12(18)14(13)22)8-19-21-16(24)15(23)20-11-4-2-10(17)3-5-11/h2-8,22H,1H3,(H,20,23)(H,21,24)/b19-8-. The first-order valence-electron chi connectivity index (χ1n) is 6.87. The van der Waals surface area contributed by atoms with E-state index in [1.807, 2.05) is 22.6 Å². The molecule has 0 aromatic heterocycles. The summed E-state index contributed by atoms with van der Waals surface area (Å²) in [7, 11) is 1.41. The van der Waals surface area contributed by atoms with E-state index in [1.165, 1.54) is 31.5 Å². The lowest BCUT2D eigenvalue weighted by molar-refractivity contribution is -0.136. The number of carbonyl (C=O) groups is 2. The van der Waals surface area contributed by atoms with Crippen LogP contribution in [0.5, 0.6) is 11.5 Å². The number of rotatable bonds is 4. The topological polar surface area (TPSA) is 100 Å². The number of benzene rings is 2. The summed E-state index contributed by atoms with van der Waals surface area (Å²) >= 11 is 1.92. The van der Waals surface area contributed by atoms with Gasteiger partial charge in [-0.2, -0.15) is 5.10 Å². The highest BCUT2D eigenvalue weighted by Crippen LogP contribution is 2.31. The predicted octanol–water partition coefficient (Wildman–Crippen LogP) is 2.23. The molecule has 0 aliphatic heterocycles. The van der Waals surface area contributed by atoms with Gasteiger partial charge in [-0.25, -0.2) is 9.82 Å². The van der Waals surface area contributed by atoms with E-state index in [0.29, 0.717) is 9.13 Å². The average molecular weight is 457 g/mol. The lowest BCUT2D eigenvalue weighted by Gasteiger charge is -2.06. The van der Waals surface area contributed by atoms with E-state index in [1.54, 1.807) is 6.07 Å². The molecule has 0 atom stereocenters. The summed E-state index contributed by atoms with van der Waals surface area (Å²) in [5.74, 6) is -2.12. The average Bonchev–Trinajstić information content (AvgIpc) is 2.59. The minimum Gasteiger partial charge on any atom is -0.504 e. The second-order valence-corrected chi connectivity index (χ2v) is 5.88. The van der Waals surface area contributed by atoms with Crippen molar-refractivity contribution in [1.29, 1.82) is 0 Å².